The van der Waals surface area contributed by atoms with Crippen LogP contribution in [-0.4, -0.2) is 69.9 Å². The predicted octanol–water partition coefficient (Wildman–Crippen LogP) is -2.31. The molecule has 8 N–H and O–H groups in total. The second-order valence-corrected chi connectivity index (χ2v) is 7.29. The van der Waals surface area contributed by atoms with Crippen LogP contribution in [-0.2, 0) is 33.5 Å². The molecule has 0 radical (unpaired) electrons. The van der Waals surface area contributed by atoms with Crippen LogP contribution in [0.2, 0.25) is 0 Å². The van der Waals surface area contributed by atoms with E-state index in [0.29, 0.717) is 24.2 Å². The number of nitrogens with zero attached hydrogens (tertiary/aromatic N) is 1. The van der Waals surface area contributed by atoms with Gasteiger partial charge in [-0.25, -0.2) is 9.59 Å². The van der Waals surface area contributed by atoms with Gasteiger partial charge in [-0.2, -0.15) is 0 Å². The number of carboxylic acids is 1. The Hall–Kier alpha value is -2.90. The minimum Gasteiger partial charge on any atom is -0.481 e. The number of esters is 2. The minimum absolute atomic E-state index is 0.0212. The Bertz CT molecular complexity index is 724. The summed E-state index contributed by atoms with van der Waals surface area (Å²) in [5.41, 5.74) is 14.7. The van der Waals surface area contributed by atoms with E-state index in [1.807, 2.05) is 0 Å². The predicted molar refractivity (Wildman–Crippen MR) is 104 cm³/mol. The number of nitrogens with two attached hydrogens (primary N) is 3. The zero-order chi connectivity index (χ0) is 23.8. The molecule has 0 aromatic rings. The highest BCUT2D eigenvalue weighted by Crippen LogP contribution is 2.20. The van der Waals surface area contributed by atoms with Crippen LogP contribution in [0, 0.1) is 0 Å². The number of carbonyl (C=O) groups excluding carboxylic acids is 5. The molecule has 1 aliphatic heterocycles. The van der Waals surface area contributed by atoms with Crippen molar-refractivity contribution in [2.45, 2.75) is 69.6 Å². The summed E-state index contributed by atoms with van der Waals surface area (Å²) in [5, 5.41) is 10.8. The summed E-state index contributed by atoms with van der Waals surface area (Å²) >= 11 is 0. The highest BCUT2D eigenvalue weighted by atomic mass is 16.6. The molecule has 0 aromatic heterocycles. The van der Waals surface area contributed by atoms with Crippen molar-refractivity contribution >= 4 is 35.6 Å². The molecule has 1 aliphatic rings. The van der Waals surface area contributed by atoms with Crippen molar-refractivity contribution in [2.24, 2.45) is 17.2 Å². The molecule has 0 bridgehead atoms. The molecule has 13 nitrogen and oxygen atoms in total. The van der Waals surface area contributed by atoms with Crippen LogP contribution in [0.15, 0.2) is 0 Å². The SMILES string of the molecule is C[C@H](NC(=O)[C@H](N)CCC(=O)O)C(=O)OC(=O)[C@@](N)(CN)N1C(=O)CCCCCC1=O. The first-order valence-corrected chi connectivity index (χ1v) is 9.82. The zero-order valence-corrected chi connectivity index (χ0v) is 17.3. The number of nitrogens with one attached hydrogen (secondary N) is 1. The molecular formula is C18H29N5O8. The van der Waals surface area contributed by atoms with Crippen LogP contribution in [0.5, 0.6) is 0 Å². The number of amides is 3. The zero-order valence-electron chi connectivity index (χ0n) is 17.3. The summed E-state index contributed by atoms with van der Waals surface area (Å²) in [6.07, 6.45) is 1.11. The van der Waals surface area contributed by atoms with Gasteiger partial charge in [0.1, 0.15) is 6.04 Å². The maximum Gasteiger partial charge on any atom is 0.356 e. The lowest BCUT2D eigenvalue weighted by Gasteiger charge is -2.37. The van der Waals surface area contributed by atoms with Crippen molar-refractivity contribution in [1.82, 2.24) is 10.2 Å². The number of hydrogen-bond acceptors (Lipinski definition) is 10. The lowest BCUT2D eigenvalue weighted by Crippen LogP contribution is -2.70. The van der Waals surface area contributed by atoms with Crippen molar-refractivity contribution in [3.8, 4) is 0 Å². The third-order valence-electron chi connectivity index (χ3n) is 4.76. The quantitative estimate of drug-likeness (QED) is 0.144. The van der Waals surface area contributed by atoms with E-state index in [1.165, 1.54) is 6.92 Å². The van der Waals surface area contributed by atoms with Crippen molar-refractivity contribution in [3.63, 3.8) is 0 Å². The van der Waals surface area contributed by atoms with E-state index in [9.17, 15) is 28.8 Å². The lowest BCUT2D eigenvalue weighted by atomic mass is 10.0. The van der Waals surface area contributed by atoms with Crippen LogP contribution in [0.3, 0.4) is 0 Å². The van der Waals surface area contributed by atoms with E-state index >= 15 is 0 Å². The van der Waals surface area contributed by atoms with E-state index in [-0.39, 0.29) is 25.7 Å². The molecule has 0 saturated carbocycles. The Labute approximate surface area is 178 Å². The van der Waals surface area contributed by atoms with Gasteiger partial charge < -0.3 is 26.6 Å². The molecule has 3 amide bonds. The summed E-state index contributed by atoms with van der Waals surface area (Å²) in [6.45, 7) is 0.516. The number of imide groups is 1. The van der Waals surface area contributed by atoms with Gasteiger partial charge in [-0.05, 0) is 26.2 Å². The number of carbonyl (C=O) groups is 6. The molecule has 0 unspecified atom stereocenters. The minimum atomic E-state index is -2.39. The third kappa shape index (κ3) is 7.08. The first kappa shape index (κ1) is 26.1. The molecular weight excluding hydrogens is 414 g/mol. The number of likely N-dealkylation sites (tertiary alicyclic amines) is 1. The van der Waals surface area contributed by atoms with Crippen molar-refractivity contribution in [1.29, 1.82) is 0 Å². The molecule has 0 spiro atoms. The van der Waals surface area contributed by atoms with Crippen LogP contribution < -0.4 is 22.5 Å². The Balaban J connectivity index is 2.84. The summed E-state index contributed by atoms with van der Waals surface area (Å²) in [4.78, 5) is 72.7. The van der Waals surface area contributed by atoms with Gasteiger partial charge in [-0.15, -0.1) is 0 Å². The molecule has 0 aliphatic carbocycles. The number of ether oxygens (including phenoxy) is 1. The van der Waals surface area contributed by atoms with Gasteiger partial charge in [-0.1, -0.05) is 6.42 Å². The Morgan fingerprint density at radius 1 is 1.16 bits per heavy atom. The summed E-state index contributed by atoms with van der Waals surface area (Å²) in [5.74, 6) is -6.01. The molecule has 13 heteroatoms. The molecule has 3 atom stereocenters. The van der Waals surface area contributed by atoms with Crippen molar-refractivity contribution < 1.29 is 38.6 Å². The van der Waals surface area contributed by atoms with Crippen LogP contribution >= 0.6 is 0 Å². The van der Waals surface area contributed by atoms with Gasteiger partial charge >= 0.3 is 17.9 Å². The van der Waals surface area contributed by atoms with Crippen molar-refractivity contribution in [3.05, 3.63) is 0 Å². The monoisotopic (exact) mass is 443 g/mol. The van der Waals surface area contributed by atoms with E-state index in [4.69, 9.17) is 27.0 Å². The van der Waals surface area contributed by atoms with E-state index in [2.05, 4.69) is 5.32 Å². The maximum absolute atomic E-state index is 12.6. The van der Waals surface area contributed by atoms with Gasteiger partial charge in [0.15, 0.2) is 0 Å². The van der Waals surface area contributed by atoms with E-state index in [1.54, 1.807) is 0 Å². The average Bonchev–Trinajstić information content (AvgIpc) is 2.69. The molecule has 1 rings (SSSR count). The largest absolute Gasteiger partial charge is 0.481 e. The topological polar surface area (TPSA) is 225 Å². The molecule has 174 valence electrons. The first-order valence-electron chi connectivity index (χ1n) is 9.82. The lowest BCUT2D eigenvalue weighted by molar-refractivity contribution is -0.176. The maximum atomic E-state index is 12.6. The standard InChI is InChI=1S/C18H29N5O8/c1-10(22-15(28)11(20)7-8-14(26)27)16(29)31-17(30)18(21,9-19)23-12(24)5-3-2-4-6-13(23)25/h10-11H,2-9,19-21H2,1H3,(H,22,28)(H,26,27)/t10-,11+,18+/m0/s1. The fraction of sp³-hybridized carbons (Fsp3) is 0.667. The number of carboxylic acid groups (broad SMARTS) is 1. The Morgan fingerprint density at radius 2 is 1.71 bits per heavy atom. The van der Waals surface area contributed by atoms with Crippen LogP contribution in [0.4, 0.5) is 0 Å². The van der Waals surface area contributed by atoms with Gasteiger partial charge in [0.25, 0.3) is 0 Å². The summed E-state index contributed by atoms with van der Waals surface area (Å²) in [6, 6.07) is -2.55. The fourth-order valence-electron chi connectivity index (χ4n) is 2.86. The van der Waals surface area contributed by atoms with Gasteiger partial charge in [0.05, 0.1) is 6.04 Å². The summed E-state index contributed by atoms with van der Waals surface area (Å²) < 4.78 is 4.69. The average molecular weight is 443 g/mol. The number of hydrogen-bond donors (Lipinski definition) is 5. The van der Waals surface area contributed by atoms with Crippen LogP contribution in [0.25, 0.3) is 0 Å². The molecule has 0 aromatic carbocycles. The normalized spacial score (nSPS) is 18.8. The van der Waals surface area contributed by atoms with Gasteiger partial charge in [0.2, 0.25) is 23.4 Å². The van der Waals surface area contributed by atoms with Gasteiger partial charge in [-0.3, -0.25) is 29.8 Å². The highest BCUT2D eigenvalue weighted by Gasteiger charge is 2.48. The van der Waals surface area contributed by atoms with Crippen LogP contribution in [0.1, 0.15) is 51.9 Å². The third-order valence-corrected chi connectivity index (χ3v) is 4.76. The van der Waals surface area contributed by atoms with E-state index in [0.717, 1.165) is 0 Å². The molecule has 1 fully saturated rings. The van der Waals surface area contributed by atoms with Crippen molar-refractivity contribution in [2.75, 3.05) is 6.54 Å². The highest BCUT2D eigenvalue weighted by molar-refractivity contribution is 6.03. The second-order valence-electron chi connectivity index (χ2n) is 7.29. The Morgan fingerprint density at radius 3 is 2.19 bits per heavy atom. The summed E-state index contributed by atoms with van der Waals surface area (Å²) in [7, 11) is 0. The molecule has 1 heterocycles. The van der Waals surface area contributed by atoms with Gasteiger partial charge in [0, 0.05) is 25.8 Å². The van der Waals surface area contributed by atoms with E-state index < -0.39 is 59.9 Å². The fourth-order valence-corrected chi connectivity index (χ4v) is 2.86. The first-order chi connectivity index (χ1) is 14.4. The second kappa shape index (κ2) is 11.5. The number of rotatable bonds is 9. The molecule has 1 saturated heterocycles. The number of aliphatic carboxylic acids is 1. The molecule has 31 heavy (non-hydrogen) atoms. The smallest absolute Gasteiger partial charge is 0.356 e. The Kier molecular flexibility index (Phi) is 9.68.